The highest BCUT2D eigenvalue weighted by Crippen LogP contribution is 2.52. The van der Waals surface area contributed by atoms with Gasteiger partial charge in [-0.3, -0.25) is 14.5 Å². The Balaban J connectivity index is 1.89. The Bertz CT molecular complexity index is 355. The van der Waals surface area contributed by atoms with E-state index in [1.54, 1.807) is 0 Å². The van der Waals surface area contributed by atoms with E-state index >= 15 is 0 Å². The first-order chi connectivity index (χ1) is 7.59. The van der Waals surface area contributed by atoms with Crippen LogP contribution in [0.1, 0.15) is 20.3 Å². The lowest BCUT2D eigenvalue weighted by Gasteiger charge is -2.18. The maximum Gasteiger partial charge on any atom is 0.233 e. The number of imide groups is 1. The monoisotopic (exact) mass is 219 g/mol. The fraction of sp³-hybridized carbons (Fsp3) is 0.692. The summed E-state index contributed by atoms with van der Waals surface area (Å²) in [7, 11) is 0. The SMILES string of the molecule is CC(C)CN1C(=O)[C@@H]2[C@H](C1=O)[C@@H]1C=C[C@@H]2C1. The van der Waals surface area contributed by atoms with E-state index in [0.717, 1.165) is 6.42 Å². The molecule has 0 aromatic carbocycles. The largest absolute Gasteiger partial charge is 0.282 e. The molecule has 2 amide bonds. The molecular formula is C13H17NO2. The van der Waals surface area contributed by atoms with Crippen LogP contribution < -0.4 is 0 Å². The van der Waals surface area contributed by atoms with Crippen LogP contribution in [0.2, 0.25) is 0 Å². The van der Waals surface area contributed by atoms with Gasteiger partial charge in [-0.1, -0.05) is 26.0 Å². The summed E-state index contributed by atoms with van der Waals surface area (Å²) in [6.07, 6.45) is 5.29. The lowest BCUT2D eigenvalue weighted by molar-refractivity contribution is -0.141. The van der Waals surface area contributed by atoms with E-state index in [0.29, 0.717) is 24.3 Å². The number of carbonyl (C=O) groups is 2. The third-order valence-corrected chi connectivity index (χ3v) is 4.11. The van der Waals surface area contributed by atoms with Gasteiger partial charge in [-0.15, -0.1) is 0 Å². The predicted octanol–water partition coefficient (Wildman–Crippen LogP) is 1.45. The van der Waals surface area contributed by atoms with Crippen LogP contribution in [0.25, 0.3) is 0 Å². The Morgan fingerprint density at radius 2 is 1.69 bits per heavy atom. The zero-order chi connectivity index (χ0) is 11.4. The summed E-state index contributed by atoms with van der Waals surface area (Å²) in [6.45, 7) is 4.67. The van der Waals surface area contributed by atoms with Crippen molar-refractivity contribution in [3.63, 3.8) is 0 Å². The van der Waals surface area contributed by atoms with Gasteiger partial charge in [-0.25, -0.2) is 0 Å². The number of nitrogens with zero attached hydrogens (tertiary/aromatic N) is 1. The van der Waals surface area contributed by atoms with E-state index in [2.05, 4.69) is 12.2 Å². The minimum absolute atomic E-state index is 0.0266. The highest BCUT2D eigenvalue weighted by Gasteiger charge is 2.58. The minimum Gasteiger partial charge on any atom is -0.282 e. The lowest BCUT2D eigenvalue weighted by atomic mass is 9.85. The normalized spacial score (nSPS) is 40.3. The third-order valence-electron chi connectivity index (χ3n) is 4.11. The highest BCUT2D eigenvalue weighted by atomic mass is 16.2. The topological polar surface area (TPSA) is 37.4 Å². The molecule has 3 nitrogen and oxygen atoms in total. The average molecular weight is 219 g/mol. The number of hydrogen-bond acceptors (Lipinski definition) is 2. The van der Waals surface area contributed by atoms with Gasteiger partial charge >= 0.3 is 0 Å². The Morgan fingerprint density at radius 3 is 2.12 bits per heavy atom. The summed E-state index contributed by atoms with van der Waals surface area (Å²) in [5, 5.41) is 0. The van der Waals surface area contributed by atoms with Crippen LogP contribution in [-0.2, 0) is 9.59 Å². The predicted molar refractivity (Wildman–Crippen MR) is 59.3 cm³/mol. The molecule has 0 unspecified atom stereocenters. The number of hydrogen-bond donors (Lipinski definition) is 0. The van der Waals surface area contributed by atoms with Gasteiger partial charge in [0.2, 0.25) is 11.8 Å². The maximum absolute atomic E-state index is 12.2. The summed E-state index contributed by atoms with van der Waals surface area (Å²) in [5.41, 5.74) is 0. The molecule has 3 rings (SSSR count). The van der Waals surface area contributed by atoms with E-state index < -0.39 is 0 Å². The number of allylic oxidation sites excluding steroid dienone is 2. The van der Waals surface area contributed by atoms with Gasteiger partial charge in [-0.05, 0) is 24.2 Å². The second-order valence-electron chi connectivity index (χ2n) is 5.68. The molecule has 3 aliphatic rings. The molecule has 0 spiro atoms. The first-order valence-corrected chi connectivity index (χ1v) is 6.13. The zero-order valence-electron chi connectivity index (χ0n) is 9.72. The van der Waals surface area contributed by atoms with Crippen molar-refractivity contribution >= 4 is 11.8 Å². The Morgan fingerprint density at radius 1 is 1.19 bits per heavy atom. The molecule has 4 atom stereocenters. The molecule has 2 aliphatic carbocycles. The molecular weight excluding hydrogens is 202 g/mol. The van der Waals surface area contributed by atoms with Crippen LogP contribution in [0.5, 0.6) is 0 Å². The van der Waals surface area contributed by atoms with Crippen molar-refractivity contribution in [2.24, 2.45) is 29.6 Å². The summed E-state index contributed by atoms with van der Waals surface area (Å²) in [4.78, 5) is 25.9. The lowest BCUT2D eigenvalue weighted by Crippen LogP contribution is -2.35. The van der Waals surface area contributed by atoms with Gasteiger partial charge < -0.3 is 0 Å². The summed E-state index contributed by atoms with van der Waals surface area (Å²) in [5.74, 6) is 1.15. The number of amides is 2. The second kappa shape index (κ2) is 3.19. The Kier molecular flexibility index (Phi) is 2.00. The molecule has 3 heteroatoms. The molecule has 0 N–H and O–H groups in total. The van der Waals surface area contributed by atoms with Crippen LogP contribution in [0.4, 0.5) is 0 Å². The molecule has 1 saturated carbocycles. The first kappa shape index (κ1) is 10.1. The molecule has 0 aromatic rings. The van der Waals surface area contributed by atoms with Gasteiger partial charge in [0.15, 0.2) is 0 Å². The molecule has 1 aliphatic heterocycles. The summed E-state index contributed by atoms with van der Waals surface area (Å²) < 4.78 is 0. The van der Waals surface area contributed by atoms with Crippen molar-refractivity contribution in [3.05, 3.63) is 12.2 Å². The van der Waals surface area contributed by atoms with Crippen LogP contribution in [-0.4, -0.2) is 23.3 Å². The van der Waals surface area contributed by atoms with Crippen molar-refractivity contribution in [2.45, 2.75) is 20.3 Å². The summed E-state index contributed by atoms with van der Waals surface area (Å²) in [6, 6.07) is 0. The fourth-order valence-electron chi connectivity index (χ4n) is 3.51. The maximum atomic E-state index is 12.2. The van der Waals surface area contributed by atoms with Crippen LogP contribution in [0.3, 0.4) is 0 Å². The summed E-state index contributed by atoms with van der Waals surface area (Å²) >= 11 is 0. The van der Waals surface area contributed by atoms with Gasteiger partial charge in [0.1, 0.15) is 0 Å². The molecule has 0 radical (unpaired) electrons. The fourth-order valence-corrected chi connectivity index (χ4v) is 3.51. The molecule has 16 heavy (non-hydrogen) atoms. The standard InChI is InChI=1S/C13H17NO2/c1-7(2)6-14-12(15)10-8-3-4-9(5-8)11(10)13(14)16/h3-4,7-11H,5-6H2,1-2H3/t8-,9-,10-,11+/m1/s1. The average Bonchev–Trinajstić information content (AvgIpc) is 2.87. The van der Waals surface area contributed by atoms with Crippen LogP contribution in [0.15, 0.2) is 12.2 Å². The van der Waals surface area contributed by atoms with E-state index in [1.165, 1.54) is 4.90 Å². The van der Waals surface area contributed by atoms with E-state index in [4.69, 9.17) is 0 Å². The van der Waals surface area contributed by atoms with Crippen molar-refractivity contribution in [1.82, 2.24) is 4.90 Å². The smallest absolute Gasteiger partial charge is 0.233 e. The van der Waals surface area contributed by atoms with Crippen molar-refractivity contribution < 1.29 is 9.59 Å². The van der Waals surface area contributed by atoms with Gasteiger partial charge in [0.05, 0.1) is 11.8 Å². The molecule has 1 saturated heterocycles. The Hall–Kier alpha value is -1.12. The van der Waals surface area contributed by atoms with Crippen LogP contribution in [0, 0.1) is 29.6 Å². The van der Waals surface area contributed by atoms with Gasteiger partial charge in [0, 0.05) is 6.54 Å². The number of carbonyl (C=O) groups excluding carboxylic acids is 2. The van der Waals surface area contributed by atoms with Crippen molar-refractivity contribution in [1.29, 1.82) is 0 Å². The van der Waals surface area contributed by atoms with Gasteiger partial charge in [0.25, 0.3) is 0 Å². The number of rotatable bonds is 2. The second-order valence-corrected chi connectivity index (χ2v) is 5.68. The van der Waals surface area contributed by atoms with E-state index in [9.17, 15) is 9.59 Å². The molecule has 86 valence electrons. The molecule has 2 bridgehead atoms. The van der Waals surface area contributed by atoms with Crippen molar-refractivity contribution in [2.75, 3.05) is 6.54 Å². The minimum atomic E-state index is -0.0266. The first-order valence-electron chi connectivity index (χ1n) is 6.13. The van der Waals surface area contributed by atoms with E-state index in [1.807, 2.05) is 13.8 Å². The number of likely N-dealkylation sites (tertiary alicyclic amines) is 1. The van der Waals surface area contributed by atoms with Gasteiger partial charge in [-0.2, -0.15) is 0 Å². The number of fused-ring (bicyclic) bond motifs is 5. The third kappa shape index (κ3) is 1.14. The zero-order valence-corrected chi connectivity index (χ0v) is 9.72. The highest BCUT2D eigenvalue weighted by molar-refractivity contribution is 6.06. The molecule has 1 heterocycles. The van der Waals surface area contributed by atoms with E-state index in [-0.39, 0.29) is 23.7 Å². The Labute approximate surface area is 95.5 Å². The molecule has 2 fully saturated rings. The van der Waals surface area contributed by atoms with Crippen molar-refractivity contribution in [3.8, 4) is 0 Å². The van der Waals surface area contributed by atoms with Crippen LogP contribution >= 0.6 is 0 Å². The molecule has 0 aromatic heterocycles. The quantitative estimate of drug-likeness (QED) is 0.520.